The number of nitrogens with zero attached hydrogens (tertiary/aromatic N) is 1. The van der Waals surface area contributed by atoms with E-state index in [4.69, 9.17) is 10.5 Å². The van der Waals surface area contributed by atoms with E-state index in [0.29, 0.717) is 13.1 Å². The number of carbonyl (C=O) groups is 1. The summed E-state index contributed by atoms with van der Waals surface area (Å²) in [7, 11) is 0. The van der Waals surface area contributed by atoms with Crippen LogP contribution in [0.2, 0.25) is 0 Å². The highest BCUT2D eigenvalue weighted by Crippen LogP contribution is 2.23. The molecule has 1 aliphatic rings. The molecule has 5 heteroatoms. The van der Waals surface area contributed by atoms with Gasteiger partial charge in [-0.05, 0) is 51.8 Å². The summed E-state index contributed by atoms with van der Waals surface area (Å²) < 4.78 is 5.40. The standard InChI is InChI=1S/C16H25N3O2/c1-11-5-6-13(17)14(9-11)18-12-7-8-19(10-12)15(20)21-16(2,3)4/h5-6,9,12,18H,7-8,10,17H2,1-4H3. The van der Waals surface area contributed by atoms with Crippen LogP contribution in [0.4, 0.5) is 16.2 Å². The Bertz CT molecular complexity index is 523. The molecule has 1 fully saturated rings. The van der Waals surface area contributed by atoms with Crippen molar-refractivity contribution >= 4 is 17.5 Å². The fourth-order valence-electron chi connectivity index (χ4n) is 2.39. The van der Waals surface area contributed by atoms with E-state index in [1.54, 1.807) is 4.90 Å². The largest absolute Gasteiger partial charge is 0.444 e. The first-order chi connectivity index (χ1) is 9.74. The summed E-state index contributed by atoms with van der Waals surface area (Å²) in [5.41, 5.74) is 8.35. The zero-order valence-corrected chi connectivity index (χ0v) is 13.3. The Morgan fingerprint density at radius 1 is 1.43 bits per heavy atom. The van der Waals surface area contributed by atoms with Gasteiger partial charge in [0.05, 0.1) is 11.4 Å². The third-order valence-electron chi connectivity index (χ3n) is 3.41. The van der Waals surface area contributed by atoms with Crippen molar-refractivity contribution in [1.29, 1.82) is 0 Å². The van der Waals surface area contributed by atoms with Crippen LogP contribution in [0, 0.1) is 6.92 Å². The van der Waals surface area contributed by atoms with Crippen LogP contribution in [-0.2, 0) is 4.74 Å². The van der Waals surface area contributed by atoms with Crippen LogP contribution < -0.4 is 11.1 Å². The molecule has 1 aromatic rings. The maximum absolute atomic E-state index is 12.0. The quantitative estimate of drug-likeness (QED) is 0.822. The number of hydrogen-bond acceptors (Lipinski definition) is 4. The van der Waals surface area contributed by atoms with Crippen LogP contribution in [0.15, 0.2) is 18.2 Å². The monoisotopic (exact) mass is 291 g/mol. The van der Waals surface area contributed by atoms with E-state index in [1.807, 2.05) is 45.9 Å². The number of nitrogens with one attached hydrogen (secondary N) is 1. The number of rotatable bonds is 2. The number of nitrogen functional groups attached to an aromatic ring is 1. The minimum absolute atomic E-state index is 0.210. The maximum atomic E-state index is 12.0. The Morgan fingerprint density at radius 3 is 2.81 bits per heavy atom. The van der Waals surface area contributed by atoms with Crippen LogP contribution in [0.3, 0.4) is 0 Å². The lowest BCUT2D eigenvalue weighted by Crippen LogP contribution is -2.36. The summed E-state index contributed by atoms with van der Waals surface area (Å²) in [6, 6.07) is 6.13. The molecule has 1 heterocycles. The van der Waals surface area contributed by atoms with Gasteiger partial charge in [0, 0.05) is 19.1 Å². The molecule has 1 aromatic carbocycles. The Hall–Kier alpha value is -1.91. The number of nitrogens with two attached hydrogens (primary N) is 1. The normalized spacial score (nSPS) is 18.7. The van der Waals surface area contributed by atoms with E-state index in [-0.39, 0.29) is 12.1 Å². The van der Waals surface area contributed by atoms with Gasteiger partial charge in [0.2, 0.25) is 0 Å². The predicted octanol–water partition coefficient (Wildman–Crippen LogP) is 3.00. The lowest BCUT2D eigenvalue weighted by atomic mass is 10.1. The summed E-state index contributed by atoms with van der Waals surface area (Å²) in [4.78, 5) is 13.8. The number of benzene rings is 1. The minimum Gasteiger partial charge on any atom is -0.444 e. The highest BCUT2D eigenvalue weighted by Gasteiger charge is 2.29. The molecule has 1 atom stereocenters. The average Bonchev–Trinajstić information content (AvgIpc) is 2.80. The zero-order valence-electron chi connectivity index (χ0n) is 13.3. The van der Waals surface area contributed by atoms with Crippen molar-refractivity contribution in [3.05, 3.63) is 23.8 Å². The van der Waals surface area contributed by atoms with Crippen molar-refractivity contribution in [1.82, 2.24) is 4.90 Å². The van der Waals surface area contributed by atoms with Crippen molar-refractivity contribution in [2.24, 2.45) is 0 Å². The molecule has 1 amide bonds. The Labute approximate surface area is 126 Å². The molecular formula is C16H25N3O2. The fraction of sp³-hybridized carbons (Fsp3) is 0.562. The number of hydrogen-bond donors (Lipinski definition) is 2. The number of aryl methyl sites for hydroxylation is 1. The lowest BCUT2D eigenvalue weighted by Gasteiger charge is -2.24. The van der Waals surface area contributed by atoms with E-state index >= 15 is 0 Å². The summed E-state index contributed by atoms with van der Waals surface area (Å²) in [6.07, 6.45) is 0.649. The molecule has 1 aliphatic heterocycles. The van der Waals surface area contributed by atoms with E-state index in [1.165, 1.54) is 0 Å². The molecule has 21 heavy (non-hydrogen) atoms. The molecule has 5 nitrogen and oxygen atoms in total. The van der Waals surface area contributed by atoms with Crippen molar-refractivity contribution in [3.8, 4) is 0 Å². The van der Waals surface area contributed by atoms with E-state index in [2.05, 4.69) is 5.32 Å². The second kappa shape index (κ2) is 5.84. The van der Waals surface area contributed by atoms with Gasteiger partial charge in [-0.1, -0.05) is 6.07 Å². The molecule has 0 aliphatic carbocycles. The maximum Gasteiger partial charge on any atom is 0.410 e. The Balaban J connectivity index is 1.93. The third kappa shape index (κ3) is 4.28. The van der Waals surface area contributed by atoms with Gasteiger partial charge < -0.3 is 20.7 Å². The Morgan fingerprint density at radius 2 is 2.14 bits per heavy atom. The Kier molecular flexibility index (Phi) is 4.30. The summed E-state index contributed by atoms with van der Waals surface area (Å²) in [6.45, 7) is 9.02. The number of carbonyl (C=O) groups excluding carboxylic acids is 1. The SMILES string of the molecule is Cc1ccc(N)c(NC2CCN(C(=O)OC(C)(C)C)C2)c1. The van der Waals surface area contributed by atoms with Gasteiger partial charge in [-0.3, -0.25) is 0 Å². The number of likely N-dealkylation sites (tertiary alicyclic amines) is 1. The molecule has 0 spiro atoms. The number of ether oxygens (including phenoxy) is 1. The number of amides is 1. The molecule has 0 aromatic heterocycles. The van der Waals surface area contributed by atoms with Crippen LogP contribution in [0.5, 0.6) is 0 Å². The molecule has 1 unspecified atom stereocenters. The first kappa shape index (κ1) is 15.5. The molecule has 0 radical (unpaired) electrons. The first-order valence-corrected chi connectivity index (χ1v) is 7.35. The first-order valence-electron chi connectivity index (χ1n) is 7.35. The van der Waals surface area contributed by atoms with Gasteiger partial charge in [0.1, 0.15) is 5.60 Å². The molecule has 3 N–H and O–H groups in total. The van der Waals surface area contributed by atoms with E-state index < -0.39 is 5.60 Å². The third-order valence-corrected chi connectivity index (χ3v) is 3.41. The highest BCUT2D eigenvalue weighted by atomic mass is 16.6. The highest BCUT2D eigenvalue weighted by molar-refractivity contribution is 5.70. The molecule has 116 valence electrons. The van der Waals surface area contributed by atoms with Crippen molar-refractivity contribution in [2.75, 3.05) is 24.1 Å². The van der Waals surface area contributed by atoms with Crippen LogP contribution >= 0.6 is 0 Å². The predicted molar refractivity (Wildman–Crippen MR) is 85.4 cm³/mol. The van der Waals surface area contributed by atoms with Crippen molar-refractivity contribution < 1.29 is 9.53 Å². The van der Waals surface area contributed by atoms with Crippen LogP contribution in [-0.4, -0.2) is 35.7 Å². The minimum atomic E-state index is -0.455. The van der Waals surface area contributed by atoms with Gasteiger partial charge in [-0.2, -0.15) is 0 Å². The molecule has 0 saturated carbocycles. The van der Waals surface area contributed by atoms with Gasteiger partial charge in [0.25, 0.3) is 0 Å². The molecule has 0 bridgehead atoms. The molecular weight excluding hydrogens is 266 g/mol. The van der Waals surface area contributed by atoms with Gasteiger partial charge in [-0.25, -0.2) is 4.79 Å². The zero-order chi connectivity index (χ0) is 15.6. The molecule has 1 saturated heterocycles. The van der Waals surface area contributed by atoms with E-state index in [9.17, 15) is 4.79 Å². The van der Waals surface area contributed by atoms with Gasteiger partial charge >= 0.3 is 6.09 Å². The summed E-state index contributed by atoms with van der Waals surface area (Å²) in [5, 5.41) is 3.42. The van der Waals surface area contributed by atoms with Crippen LogP contribution in [0.1, 0.15) is 32.8 Å². The average molecular weight is 291 g/mol. The number of anilines is 2. The smallest absolute Gasteiger partial charge is 0.410 e. The van der Waals surface area contributed by atoms with Gasteiger partial charge in [-0.15, -0.1) is 0 Å². The second-order valence-electron chi connectivity index (χ2n) is 6.65. The van der Waals surface area contributed by atoms with Crippen LogP contribution in [0.25, 0.3) is 0 Å². The summed E-state index contributed by atoms with van der Waals surface area (Å²) in [5.74, 6) is 0. The molecule has 2 rings (SSSR count). The lowest BCUT2D eigenvalue weighted by molar-refractivity contribution is 0.0293. The van der Waals surface area contributed by atoms with Gasteiger partial charge in [0.15, 0.2) is 0 Å². The van der Waals surface area contributed by atoms with Crippen molar-refractivity contribution in [3.63, 3.8) is 0 Å². The second-order valence-corrected chi connectivity index (χ2v) is 6.65. The van der Waals surface area contributed by atoms with Crippen molar-refractivity contribution in [2.45, 2.75) is 45.8 Å². The summed E-state index contributed by atoms with van der Waals surface area (Å²) >= 11 is 0. The topological polar surface area (TPSA) is 67.6 Å². The van der Waals surface area contributed by atoms with E-state index in [0.717, 1.165) is 23.4 Å². The fourth-order valence-corrected chi connectivity index (χ4v) is 2.39.